The zero-order valence-electron chi connectivity index (χ0n) is 6.73. The van der Waals surface area contributed by atoms with E-state index in [1.54, 1.807) is 6.92 Å². The number of aliphatic hydroxyl groups is 1. The molecular formula is C7H12O5. The Kier molecular flexibility index (Phi) is 4.28. The first kappa shape index (κ1) is 10.9. The molecule has 3 N–H and O–H groups in total. The van der Waals surface area contributed by atoms with Crippen molar-refractivity contribution in [3.05, 3.63) is 0 Å². The third-order valence-corrected chi connectivity index (χ3v) is 1.55. The van der Waals surface area contributed by atoms with Crippen LogP contribution in [-0.2, 0) is 9.59 Å². The number of carboxylic acids is 2. The first-order valence-corrected chi connectivity index (χ1v) is 3.64. The molecule has 2 atom stereocenters. The van der Waals surface area contributed by atoms with E-state index in [0.717, 1.165) is 0 Å². The highest BCUT2D eigenvalue weighted by Gasteiger charge is 2.30. The summed E-state index contributed by atoms with van der Waals surface area (Å²) < 4.78 is 0. The largest absolute Gasteiger partial charge is 0.481 e. The van der Waals surface area contributed by atoms with Crippen LogP contribution < -0.4 is 0 Å². The van der Waals surface area contributed by atoms with Crippen LogP contribution in [0.5, 0.6) is 0 Å². The van der Waals surface area contributed by atoms with E-state index >= 15 is 0 Å². The number of aliphatic hydroxyl groups excluding tert-OH is 1. The first-order chi connectivity index (χ1) is 5.50. The van der Waals surface area contributed by atoms with Crippen LogP contribution in [0.1, 0.15) is 19.8 Å². The highest BCUT2D eigenvalue weighted by molar-refractivity contribution is 5.81. The highest BCUT2D eigenvalue weighted by atomic mass is 16.4. The number of rotatable bonds is 5. The van der Waals surface area contributed by atoms with Crippen molar-refractivity contribution in [2.24, 2.45) is 5.92 Å². The molecule has 5 heteroatoms. The lowest BCUT2D eigenvalue weighted by molar-refractivity contribution is -0.159. The minimum atomic E-state index is -1.80. The number of aliphatic carboxylic acids is 2. The number of carbonyl (C=O) groups is 2. The van der Waals surface area contributed by atoms with Gasteiger partial charge in [0.15, 0.2) is 6.10 Å². The summed E-state index contributed by atoms with van der Waals surface area (Å²) in [5, 5.41) is 25.7. The Balaban J connectivity index is 4.28. The summed E-state index contributed by atoms with van der Waals surface area (Å²) in [5.41, 5.74) is 0. The van der Waals surface area contributed by atoms with E-state index < -0.39 is 24.0 Å². The Morgan fingerprint density at radius 1 is 1.25 bits per heavy atom. The number of hydrogen-bond acceptors (Lipinski definition) is 3. The van der Waals surface area contributed by atoms with Crippen molar-refractivity contribution in [1.82, 2.24) is 0 Å². The zero-order chi connectivity index (χ0) is 9.72. The Morgan fingerprint density at radius 3 is 2.00 bits per heavy atom. The molecule has 0 amide bonds. The molecule has 0 unspecified atom stereocenters. The van der Waals surface area contributed by atoms with E-state index in [1.165, 1.54) is 0 Å². The molecule has 0 aromatic heterocycles. The lowest BCUT2D eigenvalue weighted by Crippen LogP contribution is -2.34. The van der Waals surface area contributed by atoms with Gasteiger partial charge in [-0.05, 0) is 6.42 Å². The fourth-order valence-corrected chi connectivity index (χ4v) is 0.900. The quantitative estimate of drug-likeness (QED) is 0.545. The second kappa shape index (κ2) is 4.71. The predicted molar refractivity (Wildman–Crippen MR) is 39.7 cm³/mol. The zero-order valence-corrected chi connectivity index (χ0v) is 6.73. The lowest BCUT2D eigenvalue weighted by atomic mass is 9.97. The molecule has 0 aromatic carbocycles. The first-order valence-electron chi connectivity index (χ1n) is 3.64. The van der Waals surface area contributed by atoms with Gasteiger partial charge in [-0.25, -0.2) is 4.79 Å². The van der Waals surface area contributed by atoms with Gasteiger partial charge < -0.3 is 15.3 Å². The lowest BCUT2D eigenvalue weighted by Gasteiger charge is -2.13. The van der Waals surface area contributed by atoms with Crippen molar-refractivity contribution >= 4 is 11.9 Å². The van der Waals surface area contributed by atoms with Gasteiger partial charge in [-0.1, -0.05) is 13.3 Å². The smallest absolute Gasteiger partial charge is 0.333 e. The maximum atomic E-state index is 10.4. The van der Waals surface area contributed by atoms with Crippen molar-refractivity contribution in [3.63, 3.8) is 0 Å². The maximum Gasteiger partial charge on any atom is 0.333 e. The van der Waals surface area contributed by atoms with Gasteiger partial charge in [-0.3, -0.25) is 4.79 Å². The molecule has 70 valence electrons. The molecule has 0 heterocycles. The van der Waals surface area contributed by atoms with E-state index in [-0.39, 0.29) is 6.42 Å². The topological polar surface area (TPSA) is 94.8 Å². The average molecular weight is 176 g/mol. The van der Waals surface area contributed by atoms with Gasteiger partial charge in [0.05, 0.1) is 5.92 Å². The summed E-state index contributed by atoms with van der Waals surface area (Å²) in [6.45, 7) is 1.73. The minimum Gasteiger partial charge on any atom is -0.481 e. The number of hydrogen-bond donors (Lipinski definition) is 3. The fourth-order valence-electron chi connectivity index (χ4n) is 0.900. The second-order valence-electron chi connectivity index (χ2n) is 2.52. The van der Waals surface area contributed by atoms with Gasteiger partial charge in [0.2, 0.25) is 0 Å². The van der Waals surface area contributed by atoms with Crippen LogP contribution in [0.4, 0.5) is 0 Å². The van der Waals surface area contributed by atoms with Crippen LogP contribution in [-0.4, -0.2) is 33.4 Å². The Labute approximate surface area is 69.6 Å². The molecule has 0 spiro atoms. The molecule has 0 saturated heterocycles. The summed E-state index contributed by atoms with van der Waals surface area (Å²) in [6, 6.07) is 0. The monoisotopic (exact) mass is 176 g/mol. The molecule has 0 aromatic rings. The summed E-state index contributed by atoms with van der Waals surface area (Å²) in [7, 11) is 0. The third-order valence-electron chi connectivity index (χ3n) is 1.55. The van der Waals surface area contributed by atoms with Crippen LogP contribution in [0.25, 0.3) is 0 Å². The van der Waals surface area contributed by atoms with Crippen molar-refractivity contribution in [2.45, 2.75) is 25.9 Å². The summed E-state index contributed by atoms with van der Waals surface area (Å²) >= 11 is 0. The third kappa shape index (κ3) is 2.87. The van der Waals surface area contributed by atoms with Crippen LogP contribution in [0, 0.1) is 5.92 Å². The molecule has 5 nitrogen and oxygen atoms in total. The molecule has 0 aliphatic heterocycles. The van der Waals surface area contributed by atoms with E-state index in [1.807, 2.05) is 0 Å². The van der Waals surface area contributed by atoms with E-state index in [4.69, 9.17) is 15.3 Å². The van der Waals surface area contributed by atoms with Crippen LogP contribution in [0.3, 0.4) is 0 Å². The van der Waals surface area contributed by atoms with Crippen LogP contribution >= 0.6 is 0 Å². The molecule has 0 rings (SSSR count). The van der Waals surface area contributed by atoms with E-state index in [9.17, 15) is 9.59 Å². The molecule has 0 bridgehead atoms. The van der Waals surface area contributed by atoms with Gasteiger partial charge in [0.1, 0.15) is 0 Å². The van der Waals surface area contributed by atoms with Gasteiger partial charge in [0.25, 0.3) is 0 Å². The summed E-state index contributed by atoms with van der Waals surface area (Å²) in [5.74, 6) is -3.96. The second-order valence-corrected chi connectivity index (χ2v) is 2.52. The average Bonchev–Trinajstić information content (AvgIpc) is 1.98. The minimum absolute atomic E-state index is 0.169. The SMILES string of the molecule is CCC[C@H](C(=O)O)[C@H](O)C(=O)O. The van der Waals surface area contributed by atoms with Crippen molar-refractivity contribution in [1.29, 1.82) is 0 Å². The van der Waals surface area contributed by atoms with Gasteiger partial charge in [0, 0.05) is 0 Å². The highest BCUT2D eigenvalue weighted by Crippen LogP contribution is 2.11. The Bertz CT molecular complexity index is 177. The molecule has 0 saturated carbocycles. The summed E-state index contributed by atoms with van der Waals surface area (Å²) in [6.07, 6.45) is -1.10. The molecule has 12 heavy (non-hydrogen) atoms. The molecule has 0 aliphatic carbocycles. The predicted octanol–water partition coefficient (Wildman–Crippen LogP) is -0.0672. The van der Waals surface area contributed by atoms with Crippen LogP contribution in [0.15, 0.2) is 0 Å². The normalized spacial score (nSPS) is 15.2. The Morgan fingerprint density at radius 2 is 1.75 bits per heavy atom. The molecule has 0 fully saturated rings. The molecule has 0 aliphatic rings. The standard InChI is InChI=1S/C7H12O5/c1-2-3-4(6(9)10)5(8)7(11)12/h4-5,8H,2-3H2,1H3,(H,9,10)(H,11,12)/t4-,5-/m0/s1. The van der Waals surface area contributed by atoms with Gasteiger partial charge >= 0.3 is 11.9 Å². The Hall–Kier alpha value is -1.10. The summed E-state index contributed by atoms with van der Waals surface area (Å²) in [4.78, 5) is 20.6. The van der Waals surface area contributed by atoms with E-state index in [0.29, 0.717) is 6.42 Å². The number of carboxylic acid groups (broad SMARTS) is 2. The fraction of sp³-hybridized carbons (Fsp3) is 0.714. The van der Waals surface area contributed by atoms with E-state index in [2.05, 4.69) is 0 Å². The molecular weight excluding hydrogens is 164 g/mol. The van der Waals surface area contributed by atoms with Gasteiger partial charge in [-0.15, -0.1) is 0 Å². The van der Waals surface area contributed by atoms with Crippen LogP contribution in [0.2, 0.25) is 0 Å². The molecule has 0 radical (unpaired) electrons. The van der Waals surface area contributed by atoms with Gasteiger partial charge in [-0.2, -0.15) is 0 Å². The maximum absolute atomic E-state index is 10.4. The van der Waals surface area contributed by atoms with Crippen molar-refractivity contribution < 1.29 is 24.9 Å². The van der Waals surface area contributed by atoms with Crippen molar-refractivity contribution in [3.8, 4) is 0 Å². The van der Waals surface area contributed by atoms with Crippen molar-refractivity contribution in [2.75, 3.05) is 0 Å².